The first-order valence-electron chi connectivity index (χ1n) is 8.55. The highest BCUT2D eigenvalue weighted by Crippen LogP contribution is 2.26. The van der Waals surface area contributed by atoms with Crippen molar-refractivity contribution in [3.8, 4) is 0 Å². The lowest BCUT2D eigenvalue weighted by atomic mass is 10.1. The summed E-state index contributed by atoms with van der Waals surface area (Å²) in [5.41, 5.74) is 1.61. The molecule has 0 aliphatic carbocycles. The summed E-state index contributed by atoms with van der Waals surface area (Å²) in [6.45, 7) is 5.03. The minimum Gasteiger partial charge on any atom is -0.306 e. The van der Waals surface area contributed by atoms with Crippen LogP contribution in [0.1, 0.15) is 39.2 Å². The fourth-order valence-electron chi connectivity index (χ4n) is 3.33. The second-order valence-electron chi connectivity index (χ2n) is 6.95. The molecule has 0 atom stereocenters. The molecule has 1 aromatic heterocycles. The molecule has 0 unspecified atom stereocenters. The summed E-state index contributed by atoms with van der Waals surface area (Å²) in [5.74, 6) is 0.588. The van der Waals surface area contributed by atoms with Gasteiger partial charge in [-0.1, -0.05) is 26.0 Å². The van der Waals surface area contributed by atoms with Gasteiger partial charge in [-0.15, -0.1) is 0 Å². The lowest BCUT2D eigenvalue weighted by Crippen LogP contribution is -2.41. The molecule has 2 heterocycles. The van der Waals surface area contributed by atoms with Gasteiger partial charge in [-0.3, -0.25) is 4.57 Å². The van der Waals surface area contributed by atoms with Gasteiger partial charge in [0, 0.05) is 19.1 Å². The second kappa shape index (κ2) is 6.72. The Bertz CT molecular complexity index is 859. The van der Waals surface area contributed by atoms with Gasteiger partial charge in [-0.05, 0) is 37.3 Å². The summed E-state index contributed by atoms with van der Waals surface area (Å²) in [7, 11) is -3.19. The number of fused-ring (bicyclic) bond motifs is 1. The SMILES string of the molecule is CC(C)CCS(=O)(=O)N1CCC(n2c(=O)[nH]c3ccccc32)CC1. The maximum Gasteiger partial charge on any atom is 0.326 e. The molecule has 0 bridgehead atoms. The fraction of sp³-hybridized carbons (Fsp3) is 0.588. The Labute approximate surface area is 142 Å². The van der Waals surface area contributed by atoms with E-state index in [-0.39, 0.29) is 17.5 Å². The number of rotatable bonds is 5. The monoisotopic (exact) mass is 351 g/mol. The van der Waals surface area contributed by atoms with Crippen molar-refractivity contribution in [3.63, 3.8) is 0 Å². The number of aromatic nitrogens is 2. The summed E-state index contributed by atoms with van der Waals surface area (Å²) in [5, 5.41) is 0. The van der Waals surface area contributed by atoms with E-state index in [1.165, 1.54) is 0 Å². The molecule has 0 amide bonds. The van der Waals surface area contributed by atoms with Gasteiger partial charge in [-0.2, -0.15) is 0 Å². The maximum absolute atomic E-state index is 12.4. The van der Waals surface area contributed by atoms with E-state index >= 15 is 0 Å². The van der Waals surface area contributed by atoms with Crippen molar-refractivity contribution in [2.75, 3.05) is 18.8 Å². The molecule has 1 aliphatic rings. The largest absolute Gasteiger partial charge is 0.326 e. The molecule has 1 aromatic carbocycles. The third-order valence-corrected chi connectivity index (χ3v) is 6.66. The van der Waals surface area contributed by atoms with Gasteiger partial charge in [0.05, 0.1) is 16.8 Å². The van der Waals surface area contributed by atoms with E-state index < -0.39 is 10.0 Å². The molecule has 0 saturated carbocycles. The van der Waals surface area contributed by atoms with E-state index in [1.54, 1.807) is 8.87 Å². The minimum absolute atomic E-state index is 0.0465. The van der Waals surface area contributed by atoms with Gasteiger partial charge in [0.2, 0.25) is 10.0 Å². The number of H-pyrrole nitrogens is 1. The third kappa shape index (κ3) is 3.42. The minimum atomic E-state index is -3.19. The molecule has 1 aliphatic heterocycles. The van der Waals surface area contributed by atoms with Crippen LogP contribution in [0.15, 0.2) is 29.1 Å². The molecule has 1 N–H and O–H groups in total. The normalized spacial score (nSPS) is 17.8. The number of sulfonamides is 1. The zero-order chi connectivity index (χ0) is 17.3. The summed E-state index contributed by atoms with van der Waals surface area (Å²) >= 11 is 0. The van der Waals surface area contributed by atoms with Gasteiger partial charge < -0.3 is 4.98 Å². The standard InChI is InChI=1S/C17H25N3O3S/c1-13(2)9-12-24(22,23)19-10-7-14(8-11-19)20-16-6-4-3-5-15(16)18-17(20)21/h3-6,13-14H,7-12H2,1-2H3,(H,18,21). The van der Waals surface area contributed by atoms with Gasteiger partial charge in [0.15, 0.2) is 0 Å². The van der Waals surface area contributed by atoms with Crippen LogP contribution in [0.3, 0.4) is 0 Å². The molecule has 24 heavy (non-hydrogen) atoms. The fourth-order valence-corrected chi connectivity index (χ4v) is 5.12. The van der Waals surface area contributed by atoms with Crippen LogP contribution in [0.2, 0.25) is 0 Å². The van der Waals surface area contributed by atoms with Crippen LogP contribution in [-0.2, 0) is 10.0 Å². The van der Waals surface area contributed by atoms with Gasteiger partial charge >= 0.3 is 5.69 Å². The van der Waals surface area contributed by atoms with Gasteiger partial charge in [0.1, 0.15) is 0 Å². The van der Waals surface area contributed by atoms with E-state index in [0.29, 0.717) is 38.3 Å². The maximum atomic E-state index is 12.4. The van der Waals surface area contributed by atoms with Crippen molar-refractivity contribution >= 4 is 21.1 Å². The first-order chi connectivity index (χ1) is 11.4. The first-order valence-corrected chi connectivity index (χ1v) is 10.2. The van der Waals surface area contributed by atoms with Crippen LogP contribution in [0.25, 0.3) is 11.0 Å². The van der Waals surface area contributed by atoms with Crippen molar-refractivity contribution in [3.05, 3.63) is 34.7 Å². The van der Waals surface area contributed by atoms with E-state index in [9.17, 15) is 13.2 Å². The van der Waals surface area contributed by atoms with Gasteiger partial charge in [-0.25, -0.2) is 17.5 Å². The molecule has 6 nitrogen and oxygen atoms in total. The summed E-state index contributed by atoms with van der Waals surface area (Å²) in [6, 6.07) is 7.67. The van der Waals surface area contributed by atoms with Crippen LogP contribution in [0, 0.1) is 5.92 Å². The number of imidazole rings is 1. The Hall–Kier alpha value is -1.60. The van der Waals surface area contributed by atoms with Gasteiger partial charge in [0.25, 0.3) is 0 Å². The number of aromatic amines is 1. The van der Waals surface area contributed by atoms with Crippen molar-refractivity contribution in [2.24, 2.45) is 5.92 Å². The molecular weight excluding hydrogens is 326 g/mol. The molecule has 3 rings (SSSR count). The Morgan fingerprint density at radius 3 is 2.54 bits per heavy atom. The van der Waals surface area contributed by atoms with Crippen LogP contribution in [0.4, 0.5) is 0 Å². The van der Waals surface area contributed by atoms with E-state index in [2.05, 4.69) is 4.98 Å². The highest BCUT2D eigenvalue weighted by Gasteiger charge is 2.29. The molecule has 1 fully saturated rings. The lowest BCUT2D eigenvalue weighted by molar-refractivity contribution is 0.274. The molecular formula is C17H25N3O3S. The summed E-state index contributed by atoms with van der Waals surface area (Å²) in [6.07, 6.45) is 2.02. The average Bonchev–Trinajstić information content (AvgIpc) is 2.89. The quantitative estimate of drug-likeness (QED) is 0.898. The van der Waals surface area contributed by atoms with Crippen LogP contribution >= 0.6 is 0 Å². The van der Waals surface area contributed by atoms with E-state index in [1.807, 2.05) is 38.1 Å². The predicted molar refractivity (Wildman–Crippen MR) is 95.6 cm³/mol. The number of nitrogens with zero attached hydrogens (tertiary/aromatic N) is 2. The second-order valence-corrected chi connectivity index (χ2v) is 9.03. The molecule has 0 spiro atoms. The predicted octanol–water partition coefficient (Wildman–Crippen LogP) is 2.34. The number of piperidine rings is 1. The molecule has 1 saturated heterocycles. The average molecular weight is 351 g/mol. The number of hydrogen-bond donors (Lipinski definition) is 1. The Kier molecular flexibility index (Phi) is 4.83. The van der Waals surface area contributed by atoms with Crippen molar-refractivity contribution in [2.45, 2.75) is 39.2 Å². The Balaban J connectivity index is 1.73. The number of para-hydroxylation sites is 2. The van der Waals surface area contributed by atoms with Crippen molar-refractivity contribution < 1.29 is 8.42 Å². The molecule has 0 radical (unpaired) electrons. The number of nitrogens with one attached hydrogen (secondary N) is 1. The zero-order valence-electron chi connectivity index (χ0n) is 14.2. The van der Waals surface area contributed by atoms with Crippen LogP contribution in [-0.4, -0.2) is 41.1 Å². The topological polar surface area (TPSA) is 75.2 Å². The first kappa shape index (κ1) is 17.2. The van der Waals surface area contributed by atoms with Crippen molar-refractivity contribution in [1.29, 1.82) is 0 Å². The summed E-state index contributed by atoms with van der Waals surface area (Å²) < 4.78 is 28.2. The number of benzene rings is 1. The zero-order valence-corrected chi connectivity index (χ0v) is 15.1. The molecule has 132 valence electrons. The highest BCUT2D eigenvalue weighted by atomic mass is 32.2. The molecule has 2 aromatic rings. The molecule has 7 heteroatoms. The van der Waals surface area contributed by atoms with Crippen molar-refractivity contribution in [1.82, 2.24) is 13.9 Å². The highest BCUT2D eigenvalue weighted by molar-refractivity contribution is 7.89. The smallest absolute Gasteiger partial charge is 0.306 e. The van der Waals surface area contributed by atoms with E-state index in [4.69, 9.17) is 0 Å². The Morgan fingerprint density at radius 2 is 1.88 bits per heavy atom. The number of hydrogen-bond acceptors (Lipinski definition) is 3. The van der Waals surface area contributed by atoms with Crippen LogP contribution in [0.5, 0.6) is 0 Å². The van der Waals surface area contributed by atoms with Crippen LogP contribution < -0.4 is 5.69 Å². The summed E-state index contributed by atoms with van der Waals surface area (Å²) in [4.78, 5) is 15.1. The lowest BCUT2D eigenvalue weighted by Gasteiger charge is -2.32. The third-order valence-electron chi connectivity index (χ3n) is 4.76. The van der Waals surface area contributed by atoms with E-state index in [0.717, 1.165) is 11.0 Å². The Morgan fingerprint density at radius 1 is 1.21 bits per heavy atom.